The summed E-state index contributed by atoms with van der Waals surface area (Å²) in [5.41, 5.74) is 1.82. The second-order valence-corrected chi connectivity index (χ2v) is 2.12. The maximum absolute atomic E-state index is 8.69. The standard InChI is InChI=1S/C8H10O2/c9-5-7-1-2-8(6-10)4-3-7/h1-4,9-10H,5-6H2/i9T. The summed E-state index contributed by atoms with van der Waals surface area (Å²) < 4.78 is 6.49. The Hall–Kier alpha value is -0.860. The molecule has 0 fully saturated rings. The number of aliphatic hydroxyl groups excluding tert-OH is 2. The highest BCUT2D eigenvalue weighted by Gasteiger charge is 1.89. The quantitative estimate of drug-likeness (QED) is 0.648. The molecule has 0 aliphatic carbocycles. The van der Waals surface area contributed by atoms with Gasteiger partial charge in [-0.15, -0.1) is 0 Å². The van der Waals surface area contributed by atoms with Gasteiger partial charge in [0.1, 0.15) is 0 Å². The van der Waals surface area contributed by atoms with Gasteiger partial charge >= 0.3 is 0 Å². The first-order valence-corrected chi connectivity index (χ1v) is 3.13. The van der Waals surface area contributed by atoms with E-state index < -0.39 is 0 Å². The molecule has 0 saturated carbocycles. The van der Waals surface area contributed by atoms with Gasteiger partial charge in [0, 0.05) is 0 Å². The normalized spacial score (nSPS) is 11.1. The van der Waals surface area contributed by atoms with Crippen molar-refractivity contribution in [3.63, 3.8) is 0 Å². The lowest BCUT2D eigenvalue weighted by Crippen LogP contribution is -1.85. The maximum atomic E-state index is 8.69. The first-order chi connectivity index (χ1) is 5.36. The van der Waals surface area contributed by atoms with Crippen molar-refractivity contribution < 1.29 is 10.2 Å². The molecule has 0 heterocycles. The van der Waals surface area contributed by atoms with Crippen LogP contribution >= 0.6 is 0 Å². The van der Waals surface area contributed by atoms with Crippen LogP contribution in [0.25, 0.3) is 0 Å². The van der Waals surface area contributed by atoms with Crippen LogP contribution in [0.3, 0.4) is 0 Å². The summed E-state index contributed by atoms with van der Waals surface area (Å²) in [4.78, 5) is 0. The zero-order valence-electron chi connectivity index (χ0n) is 6.58. The molecule has 2 nitrogen and oxygen atoms in total. The minimum atomic E-state index is 0.0576. The minimum absolute atomic E-state index is 0.0576. The molecule has 54 valence electrons. The van der Waals surface area contributed by atoms with Crippen molar-refractivity contribution in [1.29, 1.82) is 1.43 Å². The summed E-state index contributed by atoms with van der Waals surface area (Å²) in [6.07, 6.45) is 0. The van der Waals surface area contributed by atoms with Gasteiger partial charge in [0.05, 0.1) is 13.2 Å². The van der Waals surface area contributed by atoms with Gasteiger partial charge < -0.3 is 10.2 Å². The number of hydrogen-bond acceptors (Lipinski definition) is 2. The molecule has 0 aliphatic rings. The third kappa shape index (κ3) is 1.56. The summed E-state index contributed by atoms with van der Waals surface area (Å²) in [5, 5.41) is 12.9. The van der Waals surface area contributed by atoms with Crippen molar-refractivity contribution in [2.75, 3.05) is 0 Å². The fraction of sp³-hybridized carbons (Fsp3) is 0.250. The van der Waals surface area contributed by atoms with E-state index >= 15 is 0 Å². The Bertz CT molecular complexity index is 208. The Labute approximate surface area is 61.2 Å². The summed E-state index contributed by atoms with van der Waals surface area (Å²) in [6.45, 7) is 0.355. The molecule has 0 saturated heterocycles. The van der Waals surface area contributed by atoms with Gasteiger partial charge in [-0.1, -0.05) is 24.3 Å². The van der Waals surface area contributed by atoms with E-state index in [4.69, 9.17) is 6.54 Å². The van der Waals surface area contributed by atoms with Gasteiger partial charge in [0.15, 0.2) is 0 Å². The zero-order chi connectivity index (χ0) is 8.10. The van der Waals surface area contributed by atoms with Crippen LogP contribution in [0, 0.1) is 0 Å². The second kappa shape index (κ2) is 3.34. The molecule has 0 radical (unpaired) electrons. The van der Waals surface area contributed by atoms with Gasteiger partial charge in [-0.05, 0) is 11.1 Å². The van der Waals surface area contributed by atoms with E-state index in [2.05, 4.69) is 5.11 Å². The average Bonchev–Trinajstić information content (AvgIpc) is 2.07. The molecule has 0 atom stereocenters. The Balaban J connectivity index is 2.66. The number of hydrogen-bond donors (Lipinski definition) is 2. The molecule has 10 heavy (non-hydrogen) atoms. The molecule has 0 unspecified atom stereocenters. The lowest BCUT2D eigenvalue weighted by Gasteiger charge is -1.96. The molecule has 1 aromatic rings. The van der Waals surface area contributed by atoms with Crippen LogP contribution in [-0.2, 0) is 13.2 Å². The van der Waals surface area contributed by atoms with E-state index in [1.807, 2.05) is 24.3 Å². The smallest absolute Gasteiger partial charge is 0.211 e. The molecule has 2 heteroatoms. The molecule has 2 N–H and O–H groups in total. The first-order valence-electron chi connectivity index (χ1n) is 3.54. The predicted molar refractivity (Wildman–Crippen MR) is 38.3 cm³/mol. The van der Waals surface area contributed by atoms with E-state index in [0.717, 1.165) is 11.1 Å². The van der Waals surface area contributed by atoms with E-state index in [1.54, 1.807) is 0 Å². The monoisotopic (exact) mass is 140 g/mol. The number of rotatable bonds is 3. The summed E-state index contributed by atoms with van der Waals surface area (Å²) >= 11 is 0. The second-order valence-electron chi connectivity index (χ2n) is 2.12. The Morgan fingerprint density at radius 2 is 1.60 bits per heavy atom. The lowest BCUT2D eigenvalue weighted by atomic mass is 10.1. The molecule has 0 aromatic heterocycles. The molecular weight excluding hydrogens is 128 g/mol. The third-order valence-electron chi connectivity index (χ3n) is 1.37. The van der Waals surface area contributed by atoms with Crippen LogP contribution in [0.2, 0.25) is 0 Å². The van der Waals surface area contributed by atoms with E-state index in [1.165, 1.54) is 0 Å². The fourth-order valence-electron chi connectivity index (χ4n) is 0.741. The van der Waals surface area contributed by atoms with Crippen molar-refractivity contribution >= 4 is 0 Å². The fourth-order valence-corrected chi connectivity index (χ4v) is 0.741. The predicted octanol–water partition coefficient (Wildman–Crippen LogP) is 0.671. The largest absolute Gasteiger partial charge is 0.392 e. The summed E-state index contributed by atoms with van der Waals surface area (Å²) in [6, 6.07) is 7.29. The molecule has 0 aliphatic heterocycles. The molecular formula is C8H10O2. The van der Waals surface area contributed by atoms with Gasteiger partial charge in [0.2, 0.25) is 1.43 Å². The molecule has 0 bridgehead atoms. The Morgan fingerprint density at radius 1 is 1.10 bits per heavy atom. The highest BCUT2D eigenvalue weighted by molar-refractivity contribution is 5.21. The number of aliphatic hydroxyl groups is 2. The van der Waals surface area contributed by atoms with Gasteiger partial charge in [-0.25, -0.2) is 0 Å². The average molecular weight is 140 g/mol. The van der Waals surface area contributed by atoms with Crippen LogP contribution in [0.1, 0.15) is 11.1 Å². The first kappa shape index (κ1) is 5.89. The van der Waals surface area contributed by atoms with Crippen molar-refractivity contribution in [2.24, 2.45) is 0 Å². The van der Waals surface area contributed by atoms with Crippen molar-refractivity contribution in [1.82, 2.24) is 0 Å². The molecule has 0 spiro atoms. The topological polar surface area (TPSA) is 40.5 Å². The maximum Gasteiger partial charge on any atom is 0.211 e. The number of benzene rings is 1. The van der Waals surface area contributed by atoms with Crippen molar-refractivity contribution in [3.8, 4) is 0 Å². The SMILES string of the molecule is [3H]OCc1ccc(CO)cc1. The van der Waals surface area contributed by atoms with Crippen molar-refractivity contribution in [2.45, 2.75) is 13.2 Å². The van der Waals surface area contributed by atoms with Gasteiger partial charge in [-0.3, -0.25) is 0 Å². The van der Waals surface area contributed by atoms with Crippen LogP contribution in [0.5, 0.6) is 0 Å². The zero-order valence-corrected chi connectivity index (χ0v) is 5.58. The van der Waals surface area contributed by atoms with E-state index in [9.17, 15) is 0 Å². The Kier molecular flexibility index (Phi) is 1.97. The highest BCUT2D eigenvalue weighted by atomic mass is 16.3. The molecule has 1 rings (SSSR count). The van der Waals surface area contributed by atoms with Crippen LogP contribution in [-0.4, -0.2) is 11.6 Å². The van der Waals surface area contributed by atoms with Crippen LogP contribution in [0.4, 0.5) is 0 Å². The highest BCUT2D eigenvalue weighted by Crippen LogP contribution is 2.03. The van der Waals surface area contributed by atoms with E-state index in [-0.39, 0.29) is 6.61 Å². The molecule has 1 aromatic carbocycles. The summed E-state index contributed by atoms with van der Waals surface area (Å²) in [7, 11) is 0. The van der Waals surface area contributed by atoms with Gasteiger partial charge in [-0.2, -0.15) is 0 Å². The van der Waals surface area contributed by atoms with E-state index in [0.29, 0.717) is 6.61 Å². The Morgan fingerprint density at radius 3 is 2.00 bits per heavy atom. The molecule has 0 amide bonds. The minimum Gasteiger partial charge on any atom is -0.392 e. The van der Waals surface area contributed by atoms with Crippen molar-refractivity contribution in [3.05, 3.63) is 35.4 Å². The van der Waals surface area contributed by atoms with Crippen LogP contribution < -0.4 is 0 Å². The summed E-state index contributed by atoms with van der Waals surface area (Å²) in [5.74, 6) is 0. The lowest BCUT2D eigenvalue weighted by molar-refractivity contribution is 0.278. The van der Waals surface area contributed by atoms with Gasteiger partial charge in [0.25, 0.3) is 0 Å². The third-order valence-corrected chi connectivity index (χ3v) is 1.37. The van der Waals surface area contributed by atoms with Crippen LogP contribution in [0.15, 0.2) is 24.3 Å².